The number of aromatic amines is 1. The molecule has 1 saturated carbocycles. The minimum atomic E-state index is -1.03. The lowest BCUT2D eigenvalue weighted by molar-refractivity contribution is -0.133. The Labute approximate surface area is 210 Å². The van der Waals surface area contributed by atoms with E-state index in [-0.39, 0.29) is 17.7 Å². The van der Waals surface area contributed by atoms with E-state index >= 15 is 0 Å². The van der Waals surface area contributed by atoms with Crippen LogP contribution < -0.4 is 10.1 Å². The van der Waals surface area contributed by atoms with Crippen LogP contribution >= 0.6 is 0 Å². The number of phenolic OH excluding ortho intramolecular Hbond substituents is 1. The van der Waals surface area contributed by atoms with Gasteiger partial charge in [-0.1, -0.05) is 18.6 Å². The van der Waals surface area contributed by atoms with Crippen LogP contribution in [0.3, 0.4) is 0 Å². The smallest absolute Gasteiger partial charge is 0.328 e. The number of aromatic hydroxyl groups is 1. The molecule has 8 heteroatoms. The number of imide groups is 1. The van der Waals surface area contributed by atoms with Gasteiger partial charge in [0.25, 0.3) is 5.91 Å². The molecule has 3 aromatic rings. The Hall–Kier alpha value is -3.52. The van der Waals surface area contributed by atoms with Gasteiger partial charge in [-0.15, -0.1) is 0 Å². The fraction of sp³-hybridized carbons (Fsp3) is 0.429. The molecule has 3 aliphatic rings. The Kier molecular flexibility index (Phi) is 5.44. The minimum absolute atomic E-state index is 0.121. The topological polar surface area (TPSA) is 97.9 Å². The zero-order valence-corrected chi connectivity index (χ0v) is 20.7. The van der Waals surface area contributed by atoms with Crippen molar-refractivity contribution in [2.75, 3.05) is 20.2 Å². The fourth-order valence-electron chi connectivity index (χ4n) is 6.01. The monoisotopic (exact) mass is 488 g/mol. The number of carbonyl (C=O) groups excluding carboxylic acids is 2. The minimum Gasteiger partial charge on any atom is -0.508 e. The second-order valence-corrected chi connectivity index (χ2v) is 10.4. The van der Waals surface area contributed by atoms with Crippen LogP contribution in [0.25, 0.3) is 10.9 Å². The van der Waals surface area contributed by atoms with E-state index in [0.29, 0.717) is 19.0 Å². The maximum absolute atomic E-state index is 13.9. The van der Waals surface area contributed by atoms with Gasteiger partial charge >= 0.3 is 6.03 Å². The van der Waals surface area contributed by atoms with Gasteiger partial charge in [-0.2, -0.15) is 0 Å². The highest BCUT2D eigenvalue weighted by molar-refractivity contribution is 6.08. The molecule has 1 saturated heterocycles. The Balaban J connectivity index is 1.40. The average molecular weight is 489 g/mol. The highest BCUT2D eigenvalue weighted by atomic mass is 16.5. The number of amides is 3. The van der Waals surface area contributed by atoms with E-state index in [9.17, 15) is 14.7 Å². The summed E-state index contributed by atoms with van der Waals surface area (Å²) < 4.78 is 5.47. The van der Waals surface area contributed by atoms with Crippen molar-refractivity contribution in [2.24, 2.45) is 0 Å². The van der Waals surface area contributed by atoms with Crippen molar-refractivity contribution in [3.8, 4) is 11.5 Å². The summed E-state index contributed by atoms with van der Waals surface area (Å²) in [5.41, 5.74) is 2.53. The number of nitrogens with one attached hydrogen (secondary N) is 2. The van der Waals surface area contributed by atoms with E-state index < -0.39 is 11.6 Å². The number of phenols is 1. The number of carbonyl (C=O) groups is 2. The SMILES string of the molecule is COc1ccc2[nH]c3c(c2c1)C[C@@]1(C)C(=O)N(CCCNC2CCC2)C(=O)N1[C@@H]3c1cccc(O)c1. The van der Waals surface area contributed by atoms with Crippen molar-refractivity contribution in [1.29, 1.82) is 0 Å². The van der Waals surface area contributed by atoms with Gasteiger partial charge in [-0.25, -0.2) is 4.79 Å². The van der Waals surface area contributed by atoms with Crippen molar-refractivity contribution in [3.05, 3.63) is 59.3 Å². The molecule has 6 rings (SSSR count). The number of methoxy groups -OCH3 is 1. The number of urea groups is 1. The molecule has 188 valence electrons. The van der Waals surface area contributed by atoms with Gasteiger partial charge in [0.2, 0.25) is 0 Å². The summed E-state index contributed by atoms with van der Waals surface area (Å²) in [4.78, 5) is 34.4. The van der Waals surface area contributed by atoms with Crippen LogP contribution in [0.4, 0.5) is 4.79 Å². The summed E-state index contributed by atoms with van der Waals surface area (Å²) in [6, 6.07) is 12.6. The first-order valence-corrected chi connectivity index (χ1v) is 12.8. The normalized spacial score (nSPS) is 23.7. The first-order valence-electron chi connectivity index (χ1n) is 12.8. The zero-order valence-electron chi connectivity index (χ0n) is 20.7. The van der Waals surface area contributed by atoms with Crippen LogP contribution in [0.2, 0.25) is 0 Å². The lowest BCUT2D eigenvalue weighted by Gasteiger charge is -2.42. The van der Waals surface area contributed by atoms with Crippen molar-refractivity contribution < 1.29 is 19.4 Å². The predicted octanol–water partition coefficient (Wildman–Crippen LogP) is 4.08. The largest absolute Gasteiger partial charge is 0.508 e. The maximum Gasteiger partial charge on any atom is 0.328 e. The molecule has 1 aromatic heterocycles. The van der Waals surface area contributed by atoms with E-state index in [1.54, 1.807) is 30.2 Å². The molecule has 3 N–H and O–H groups in total. The number of fused-ring (bicyclic) bond motifs is 4. The average Bonchev–Trinajstić information content (AvgIpc) is 3.28. The second-order valence-electron chi connectivity index (χ2n) is 10.4. The fourth-order valence-corrected chi connectivity index (χ4v) is 6.01. The molecule has 8 nitrogen and oxygen atoms in total. The van der Waals surface area contributed by atoms with Crippen LogP contribution in [0, 0.1) is 0 Å². The second kappa shape index (κ2) is 8.55. The van der Waals surface area contributed by atoms with Crippen LogP contribution in [0.1, 0.15) is 55.5 Å². The van der Waals surface area contributed by atoms with Gasteiger partial charge in [0.1, 0.15) is 23.1 Å². The molecule has 36 heavy (non-hydrogen) atoms. The molecule has 3 amide bonds. The van der Waals surface area contributed by atoms with E-state index in [0.717, 1.165) is 46.4 Å². The van der Waals surface area contributed by atoms with Gasteiger partial charge in [-0.3, -0.25) is 14.6 Å². The van der Waals surface area contributed by atoms with Gasteiger partial charge in [0.05, 0.1) is 7.11 Å². The summed E-state index contributed by atoms with van der Waals surface area (Å²) >= 11 is 0. The molecule has 0 unspecified atom stereocenters. The lowest BCUT2D eigenvalue weighted by Crippen LogP contribution is -2.53. The summed E-state index contributed by atoms with van der Waals surface area (Å²) in [5.74, 6) is 0.695. The van der Waals surface area contributed by atoms with Gasteiger partial charge in [-0.05, 0) is 74.2 Å². The Bertz CT molecular complexity index is 1350. The standard InChI is InChI=1S/C28H32N4O4/c1-28-16-22-21-15-20(36-2)10-11-23(21)30-24(22)25(17-6-3-9-19(33)14-17)32(28)27(35)31(26(28)34)13-5-12-29-18-7-4-8-18/h3,6,9-11,14-15,18,25,29-30,33H,4-5,7-8,12-13,16H2,1-2H3/t25-,28+/m1/s1. The Morgan fingerprint density at radius 1 is 1.19 bits per heavy atom. The first-order chi connectivity index (χ1) is 17.4. The zero-order chi connectivity index (χ0) is 25.0. The summed E-state index contributed by atoms with van der Waals surface area (Å²) in [7, 11) is 1.63. The lowest BCUT2D eigenvalue weighted by atomic mass is 9.81. The number of aromatic nitrogens is 1. The number of benzene rings is 2. The number of hydrogen-bond acceptors (Lipinski definition) is 5. The predicted molar refractivity (Wildman–Crippen MR) is 136 cm³/mol. The van der Waals surface area contributed by atoms with Crippen LogP contribution in [0.15, 0.2) is 42.5 Å². The Morgan fingerprint density at radius 2 is 2.03 bits per heavy atom. The van der Waals surface area contributed by atoms with Crippen molar-refractivity contribution in [3.63, 3.8) is 0 Å². The van der Waals surface area contributed by atoms with Gasteiger partial charge in [0, 0.05) is 35.6 Å². The summed E-state index contributed by atoms with van der Waals surface area (Å²) in [6.45, 7) is 3.05. The molecule has 1 aliphatic carbocycles. The molecule has 2 atom stereocenters. The van der Waals surface area contributed by atoms with Gasteiger partial charge in [0.15, 0.2) is 0 Å². The van der Waals surface area contributed by atoms with E-state index in [4.69, 9.17) is 4.74 Å². The highest BCUT2D eigenvalue weighted by Gasteiger charge is 2.60. The third kappa shape index (κ3) is 3.46. The number of nitrogens with zero attached hydrogens (tertiary/aromatic N) is 2. The molecular weight excluding hydrogens is 456 g/mol. The van der Waals surface area contributed by atoms with Gasteiger partial charge < -0.3 is 20.1 Å². The number of hydrogen-bond donors (Lipinski definition) is 3. The van der Waals surface area contributed by atoms with Crippen molar-refractivity contribution >= 4 is 22.8 Å². The molecule has 0 spiro atoms. The van der Waals surface area contributed by atoms with E-state index in [2.05, 4.69) is 10.3 Å². The van der Waals surface area contributed by atoms with Crippen LogP contribution in [0.5, 0.6) is 11.5 Å². The molecule has 0 radical (unpaired) electrons. The number of H-pyrrole nitrogens is 1. The molecule has 3 heterocycles. The van der Waals surface area contributed by atoms with Crippen LogP contribution in [-0.4, -0.2) is 63.6 Å². The van der Waals surface area contributed by atoms with Crippen molar-refractivity contribution in [1.82, 2.24) is 20.1 Å². The number of rotatable bonds is 7. The third-order valence-electron chi connectivity index (χ3n) is 8.16. The summed E-state index contributed by atoms with van der Waals surface area (Å²) in [6.07, 6.45) is 4.81. The first kappa shape index (κ1) is 22.9. The van der Waals surface area contributed by atoms with E-state index in [1.807, 2.05) is 31.2 Å². The molecule has 0 bridgehead atoms. The van der Waals surface area contributed by atoms with E-state index in [1.165, 1.54) is 24.2 Å². The number of ether oxygens (including phenoxy) is 1. The quantitative estimate of drug-likeness (QED) is 0.344. The maximum atomic E-state index is 13.9. The highest BCUT2D eigenvalue weighted by Crippen LogP contribution is 2.49. The molecular formula is C28H32N4O4. The van der Waals surface area contributed by atoms with Crippen molar-refractivity contribution in [2.45, 2.75) is 56.7 Å². The molecule has 2 aliphatic heterocycles. The summed E-state index contributed by atoms with van der Waals surface area (Å²) in [5, 5.41) is 14.8. The Morgan fingerprint density at radius 3 is 2.75 bits per heavy atom. The van der Waals surface area contributed by atoms with Crippen LogP contribution in [-0.2, 0) is 11.2 Å². The molecule has 2 fully saturated rings. The third-order valence-corrected chi connectivity index (χ3v) is 8.16. The molecule has 2 aromatic carbocycles.